The molecule has 29 heavy (non-hydrogen) atoms. The van der Waals surface area contributed by atoms with Gasteiger partial charge < -0.3 is 9.47 Å². The van der Waals surface area contributed by atoms with Gasteiger partial charge in [0.25, 0.3) is 0 Å². The zero-order chi connectivity index (χ0) is 20.7. The third-order valence-electron chi connectivity index (χ3n) is 5.61. The number of ether oxygens (including phenoxy) is 2. The van der Waals surface area contributed by atoms with E-state index in [1.54, 1.807) is 5.57 Å². The molecule has 1 aliphatic rings. The van der Waals surface area contributed by atoms with Gasteiger partial charge in [0, 0.05) is 5.41 Å². The summed E-state index contributed by atoms with van der Waals surface area (Å²) in [4.78, 5) is 0. The lowest BCUT2D eigenvalue weighted by Crippen LogP contribution is -2.30. The lowest BCUT2D eigenvalue weighted by molar-refractivity contribution is -0.0304. The molecule has 0 spiro atoms. The number of benzene rings is 2. The molecule has 156 valence electrons. The van der Waals surface area contributed by atoms with Crippen LogP contribution in [0.15, 0.2) is 71.9 Å². The van der Waals surface area contributed by atoms with E-state index in [0.717, 1.165) is 26.1 Å². The standard InChI is InChI=1S/C26H36O2Si/c1-22-15-26(16-25(22)19-29(2,3)4,20-27-17-23-11-7-5-8-12-23)21-28-18-24-13-9-6-10-14-24/h5-14,19,22H,15-18,20-21H2,1-4H3/b25-19+. The SMILES string of the molecule is CC1CC(COCc2ccccc2)(COCc2ccccc2)C/C1=C\[Si](C)(C)C. The molecule has 0 heterocycles. The lowest BCUT2D eigenvalue weighted by Gasteiger charge is -2.29. The third kappa shape index (κ3) is 6.95. The molecular formula is C26H36O2Si. The smallest absolute Gasteiger partial charge is 0.0717 e. The average Bonchev–Trinajstić information content (AvgIpc) is 2.97. The van der Waals surface area contributed by atoms with E-state index < -0.39 is 8.07 Å². The van der Waals surface area contributed by atoms with Crippen molar-refractivity contribution in [3.8, 4) is 0 Å². The number of hydrogen-bond acceptors (Lipinski definition) is 2. The Bertz CT molecular complexity index is 732. The topological polar surface area (TPSA) is 18.5 Å². The van der Waals surface area contributed by atoms with Gasteiger partial charge in [0.05, 0.1) is 34.5 Å². The van der Waals surface area contributed by atoms with Crippen LogP contribution in [0.1, 0.15) is 30.9 Å². The van der Waals surface area contributed by atoms with Crippen LogP contribution in [0, 0.1) is 11.3 Å². The second-order valence-electron chi connectivity index (χ2n) is 9.82. The van der Waals surface area contributed by atoms with Crippen LogP contribution in [-0.4, -0.2) is 21.3 Å². The van der Waals surface area contributed by atoms with Gasteiger partial charge in [-0.25, -0.2) is 0 Å². The second kappa shape index (κ2) is 9.88. The van der Waals surface area contributed by atoms with Crippen molar-refractivity contribution in [1.82, 2.24) is 0 Å². The summed E-state index contributed by atoms with van der Waals surface area (Å²) in [5, 5.41) is 0. The normalized spacial score (nSPS) is 20.3. The zero-order valence-electron chi connectivity index (χ0n) is 18.5. The van der Waals surface area contributed by atoms with Crippen LogP contribution in [0.25, 0.3) is 0 Å². The van der Waals surface area contributed by atoms with E-state index in [1.807, 2.05) is 0 Å². The Morgan fingerprint density at radius 1 is 0.862 bits per heavy atom. The van der Waals surface area contributed by atoms with Gasteiger partial charge >= 0.3 is 0 Å². The quantitative estimate of drug-likeness (QED) is 0.433. The summed E-state index contributed by atoms with van der Waals surface area (Å²) in [5.74, 6) is 0.613. The van der Waals surface area contributed by atoms with Gasteiger partial charge in [-0.1, -0.05) is 98.5 Å². The first kappa shape index (κ1) is 22.0. The minimum Gasteiger partial charge on any atom is -0.376 e. The maximum atomic E-state index is 6.24. The molecule has 1 fully saturated rings. The van der Waals surface area contributed by atoms with Crippen LogP contribution in [-0.2, 0) is 22.7 Å². The van der Waals surface area contributed by atoms with Crippen molar-refractivity contribution in [2.75, 3.05) is 13.2 Å². The number of rotatable bonds is 9. The summed E-state index contributed by atoms with van der Waals surface area (Å²) in [6, 6.07) is 20.9. The summed E-state index contributed by atoms with van der Waals surface area (Å²) >= 11 is 0. The molecule has 2 aromatic rings. The fourth-order valence-electron chi connectivity index (χ4n) is 4.39. The van der Waals surface area contributed by atoms with Crippen molar-refractivity contribution in [3.05, 3.63) is 83.1 Å². The van der Waals surface area contributed by atoms with Gasteiger partial charge in [0.2, 0.25) is 0 Å². The highest BCUT2D eigenvalue weighted by Gasteiger charge is 2.41. The fraction of sp³-hybridized carbons (Fsp3) is 0.462. The summed E-state index contributed by atoms with van der Waals surface area (Å²) in [6.07, 6.45) is 2.24. The average molecular weight is 409 g/mol. The molecule has 0 radical (unpaired) electrons. The molecule has 3 heteroatoms. The predicted molar refractivity (Wildman–Crippen MR) is 124 cm³/mol. The maximum absolute atomic E-state index is 6.24. The van der Waals surface area contributed by atoms with Gasteiger partial charge in [-0.15, -0.1) is 0 Å². The Balaban J connectivity index is 1.66. The molecule has 3 rings (SSSR count). The highest BCUT2D eigenvalue weighted by atomic mass is 28.3. The highest BCUT2D eigenvalue weighted by molar-refractivity contribution is 6.81. The fourth-order valence-corrected chi connectivity index (χ4v) is 5.89. The van der Waals surface area contributed by atoms with Crippen molar-refractivity contribution in [2.45, 2.75) is 52.6 Å². The Morgan fingerprint density at radius 3 is 1.79 bits per heavy atom. The first-order valence-corrected chi connectivity index (χ1v) is 14.4. The van der Waals surface area contributed by atoms with Gasteiger partial charge in [0.1, 0.15) is 0 Å². The van der Waals surface area contributed by atoms with E-state index in [4.69, 9.17) is 9.47 Å². The van der Waals surface area contributed by atoms with Crippen LogP contribution >= 0.6 is 0 Å². The van der Waals surface area contributed by atoms with E-state index in [1.165, 1.54) is 11.1 Å². The molecule has 0 aromatic heterocycles. The van der Waals surface area contributed by atoms with Gasteiger partial charge in [-0.05, 0) is 29.9 Å². The molecule has 2 aromatic carbocycles. The Labute approximate surface area is 178 Å². The van der Waals surface area contributed by atoms with Crippen LogP contribution in [0.2, 0.25) is 19.6 Å². The first-order chi connectivity index (χ1) is 13.9. The summed E-state index contributed by atoms with van der Waals surface area (Å²) in [5.41, 5.74) is 6.77. The van der Waals surface area contributed by atoms with Gasteiger partial charge in [-0.3, -0.25) is 0 Å². The van der Waals surface area contributed by atoms with Crippen LogP contribution in [0.5, 0.6) is 0 Å². The van der Waals surface area contributed by atoms with Crippen molar-refractivity contribution < 1.29 is 9.47 Å². The van der Waals surface area contributed by atoms with Crippen molar-refractivity contribution >= 4 is 8.07 Å². The van der Waals surface area contributed by atoms with Crippen molar-refractivity contribution in [3.63, 3.8) is 0 Å². The molecule has 1 saturated carbocycles. The van der Waals surface area contributed by atoms with Crippen LogP contribution < -0.4 is 0 Å². The molecular weight excluding hydrogens is 372 g/mol. The number of hydrogen-bond donors (Lipinski definition) is 0. The lowest BCUT2D eigenvalue weighted by atomic mass is 9.87. The molecule has 1 unspecified atom stereocenters. The van der Waals surface area contributed by atoms with Crippen molar-refractivity contribution in [2.24, 2.45) is 11.3 Å². The predicted octanol–water partition coefficient (Wildman–Crippen LogP) is 6.64. The van der Waals surface area contributed by atoms with E-state index in [2.05, 4.69) is 92.9 Å². The Morgan fingerprint density at radius 2 is 1.34 bits per heavy atom. The molecule has 1 atom stereocenters. The van der Waals surface area contributed by atoms with Crippen molar-refractivity contribution in [1.29, 1.82) is 0 Å². The zero-order valence-corrected chi connectivity index (χ0v) is 19.5. The molecule has 0 aliphatic heterocycles. The molecule has 0 saturated heterocycles. The summed E-state index contributed by atoms with van der Waals surface area (Å²) in [7, 11) is -1.24. The highest BCUT2D eigenvalue weighted by Crippen LogP contribution is 2.46. The Hall–Kier alpha value is -1.68. The first-order valence-electron chi connectivity index (χ1n) is 10.8. The monoisotopic (exact) mass is 408 g/mol. The number of allylic oxidation sites excluding steroid dienone is 1. The summed E-state index contributed by atoms with van der Waals surface area (Å²) in [6.45, 7) is 12.5. The maximum Gasteiger partial charge on any atom is 0.0717 e. The molecule has 2 nitrogen and oxygen atoms in total. The second-order valence-corrected chi connectivity index (χ2v) is 14.8. The molecule has 1 aliphatic carbocycles. The van der Waals surface area contributed by atoms with Gasteiger partial charge in [0.15, 0.2) is 0 Å². The Kier molecular flexibility index (Phi) is 7.50. The van der Waals surface area contributed by atoms with E-state index in [9.17, 15) is 0 Å². The minimum atomic E-state index is -1.24. The molecule has 0 bridgehead atoms. The van der Waals surface area contributed by atoms with Gasteiger partial charge in [-0.2, -0.15) is 0 Å². The summed E-state index contributed by atoms with van der Waals surface area (Å²) < 4.78 is 12.5. The molecule has 0 N–H and O–H groups in total. The molecule has 0 amide bonds. The van der Waals surface area contributed by atoms with Crippen LogP contribution in [0.4, 0.5) is 0 Å². The van der Waals surface area contributed by atoms with E-state index in [-0.39, 0.29) is 5.41 Å². The minimum absolute atomic E-state index is 0.0778. The van der Waals surface area contributed by atoms with E-state index >= 15 is 0 Å². The largest absolute Gasteiger partial charge is 0.376 e. The third-order valence-corrected chi connectivity index (χ3v) is 6.85. The van der Waals surface area contributed by atoms with E-state index in [0.29, 0.717) is 19.1 Å². The van der Waals surface area contributed by atoms with Crippen LogP contribution in [0.3, 0.4) is 0 Å².